The van der Waals surface area contributed by atoms with Gasteiger partial charge in [0.25, 0.3) is 0 Å². The molecule has 2 rings (SSSR count). The van der Waals surface area contributed by atoms with Crippen LogP contribution in [0.1, 0.15) is 13.3 Å². The Morgan fingerprint density at radius 2 is 2.11 bits per heavy atom. The second-order valence-electron chi connectivity index (χ2n) is 4.50. The summed E-state index contributed by atoms with van der Waals surface area (Å²) in [6.07, 6.45) is 5.28. The van der Waals surface area contributed by atoms with Crippen molar-refractivity contribution in [2.24, 2.45) is 0 Å². The number of amides is 1. The van der Waals surface area contributed by atoms with Crippen molar-refractivity contribution < 1.29 is 9.53 Å². The Morgan fingerprint density at radius 3 is 2.74 bits per heavy atom. The van der Waals surface area contributed by atoms with Gasteiger partial charge in [-0.15, -0.1) is 0 Å². The van der Waals surface area contributed by atoms with E-state index < -0.39 is 0 Å². The lowest BCUT2D eigenvalue weighted by Crippen LogP contribution is -2.35. The summed E-state index contributed by atoms with van der Waals surface area (Å²) in [4.78, 5) is 14.0. The van der Waals surface area contributed by atoms with Gasteiger partial charge in [-0.3, -0.25) is 9.69 Å². The van der Waals surface area contributed by atoms with Gasteiger partial charge in [0.05, 0.1) is 13.2 Å². The van der Waals surface area contributed by atoms with Gasteiger partial charge in [0, 0.05) is 18.8 Å². The quantitative estimate of drug-likeness (QED) is 0.826. The van der Waals surface area contributed by atoms with Crippen molar-refractivity contribution in [2.75, 3.05) is 31.6 Å². The van der Waals surface area contributed by atoms with Crippen molar-refractivity contribution in [1.29, 1.82) is 0 Å². The molecule has 0 unspecified atom stereocenters. The third-order valence-electron chi connectivity index (χ3n) is 2.96. The Labute approximate surface area is 114 Å². The number of anilines is 1. The van der Waals surface area contributed by atoms with E-state index in [1.54, 1.807) is 0 Å². The average Bonchev–Trinajstić information content (AvgIpc) is 2.42. The topological polar surface area (TPSA) is 41.6 Å². The number of carbonyl (C=O) groups is 1. The molecule has 0 bridgehead atoms. The third kappa shape index (κ3) is 4.41. The third-order valence-corrected chi connectivity index (χ3v) is 2.96. The van der Waals surface area contributed by atoms with Crippen LogP contribution in [-0.2, 0) is 4.79 Å². The van der Waals surface area contributed by atoms with Crippen molar-refractivity contribution in [3.63, 3.8) is 0 Å². The minimum Gasteiger partial charge on any atom is -0.494 e. The lowest BCUT2D eigenvalue weighted by Gasteiger charge is -2.22. The van der Waals surface area contributed by atoms with E-state index in [2.05, 4.69) is 22.4 Å². The Kier molecular flexibility index (Phi) is 4.98. The number of carbonyl (C=O) groups excluding carboxylic acids is 1. The van der Waals surface area contributed by atoms with E-state index in [0.29, 0.717) is 13.2 Å². The van der Waals surface area contributed by atoms with Crippen LogP contribution in [0.15, 0.2) is 36.4 Å². The molecule has 1 aliphatic rings. The molecule has 102 valence electrons. The molecule has 4 heteroatoms. The summed E-state index contributed by atoms with van der Waals surface area (Å²) >= 11 is 0. The first kappa shape index (κ1) is 13.6. The SMILES string of the molecule is CCOc1ccc(NC(=O)CN2CC=CCC2)cc1. The average molecular weight is 260 g/mol. The van der Waals surface area contributed by atoms with E-state index in [-0.39, 0.29) is 5.91 Å². The zero-order chi connectivity index (χ0) is 13.5. The summed E-state index contributed by atoms with van der Waals surface area (Å²) in [5, 5.41) is 2.90. The van der Waals surface area contributed by atoms with Crippen molar-refractivity contribution in [2.45, 2.75) is 13.3 Å². The first-order valence-corrected chi connectivity index (χ1v) is 6.68. The van der Waals surface area contributed by atoms with Gasteiger partial charge >= 0.3 is 0 Å². The molecule has 0 aromatic heterocycles. The molecule has 19 heavy (non-hydrogen) atoms. The highest BCUT2D eigenvalue weighted by molar-refractivity contribution is 5.92. The van der Waals surface area contributed by atoms with Crippen LogP contribution in [0.25, 0.3) is 0 Å². The summed E-state index contributed by atoms with van der Waals surface area (Å²) in [5.74, 6) is 0.848. The zero-order valence-electron chi connectivity index (χ0n) is 11.3. The molecular weight excluding hydrogens is 240 g/mol. The maximum absolute atomic E-state index is 11.9. The number of hydrogen-bond donors (Lipinski definition) is 1. The van der Waals surface area contributed by atoms with Gasteiger partial charge in [0.1, 0.15) is 5.75 Å². The Balaban J connectivity index is 1.82. The van der Waals surface area contributed by atoms with Crippen LogP contribution in [0.5, 0.6) is 5.75 Å². The predicted octanol–water partition coefficient (Wildman–Crippen LogP) is 2.29. The number of ether oxygens (including phenoxy) is 1. The number of rotatable bonds is 5. The fourth-order valence-electron chi connectivity index (χ4n) is 2.04. The number of nitrogens with zero attached hydrogens (tertiary/aromatic N) is 1. The molecule has 0 saturated carbocycles. The standard InChI is InChI=1S/C15H20N2O2/c1-2-19-14-8-6-13(7-9-14)16-15(18)12-17-10-4-3-5-11-17/h3-4,6-9H,2,5,10-12H2,1H3,(H,16,18). The fraction of sp³-hybridized carbons (Fsp3) is 0.400. The van der Waals surface area contributed by atoms with E-state index in [0.717, 1.165) is 30.9 Å². The van der Waals surface area contributed by atoms with Crippen molar-refractivity contribution in [3.8, 4) is 5.75 Å². The first-order chi connectivity index (χ1) is 9.28. The van der Waals surface area contributed by atoms with Gasteiger partial charge in [-0.1, -0.05) is 12.2 Å². The largest absolute Gasteiger partial charge is 0.494 e. The smallest absolute Gasteiger partial charge is 0.238 e. The predicted molar refractivity (Wildman–Crippen MR) is 76.4 cm³/mol. The van der Waals surface area contributed by atoms with E-state index in [4.69, 9.17) is 4.74 Å². The molecule has 1 N–H and O–H groups in total. The zero-order valence-corrected chi connectivity index (χ0v) is 11.3. The lowest BCUT2D eigenvalue weighted by molar-refractivity contribution is -0.117. The highest BCUT2D eigenvalue weighted by Crippen LogP contribution is 2.15. The molecule has 0 spiro atoms. The number of benzene rings is 1. The van der Waals surface area contributed by atoms with Crippen molar-refractivity contribution >= 4 is 11.6 Å². The Morgan fingerprint density at radius 1 is 1.32 bits per heavy atom. The normalized spacial score (nSPS) is 15.2. The number of nitrogens with one attached hydrogen (secondary N) is 1. The summed E-state index contributed by atoms with van der Waals surface area (Å²) in [7, 11) is 0. The molecule has 1 aliphatic heterocycles. The summed E-state index contributed by atoms with van der Waals surface area (Å²) < 4.78 is 5.36. The Bertz CT molecular complexity index is 440. The minimum atomic E-state index is 0.0273. The molecular formula is C15H20N2O2. The van der Waals surface area contributed by atoms with Gasteiger partial charge < -0.3 is 10.1 Å². The van der Waals surface area contributed by atoms with Crippen LogP contribution in [-0.4, -0.2) is 37.0 Å². The lowest BCUT2D eigenvalue weighted by atomic mass is 10.2. The maximum Gasteiger partial charge on any atom is 0.238 e. The second kappa shape index (κ2) is 6.95. The monoisotopic (exact) mass is 260 g/mol. The molecule has 0 radical (unpaired) electrons. The van der Waals surface area contributed by atoms with E-state index in [1.165, 1.54) is 0 Å². The summed E-state index contributed by atoms with van der Waals surface area (Å²) in [6.45, 7) is 4.85. The maximum atomic E-state index is 11.9. The molecule has 0 saturated heterocycles. The van der Waals surface area contributed by atoms with Gasteiger partial charge in [0.15, 0.2) is 0 Å². The highest BCUT2D eigenvalue weighted by Gasteiger charge is 2.11. The van der Waals surface area contributed by atoms with Crippen LogP contribution in [0, 0.1) is 0 Å². The van der Waals surface area contributed by atoms with Crippen LogP contribution in [0.4, 0.5) is 5.69 Å². The molecule has 0 atom stereocenters. The van der Waals surface area contributed by atoms with Gasteiger partial charge in [-0.25, -0.2) is 0 Å². The van der Waals surface area contributed by atoms with Crippen molar-refractivity contribution in [1.82, 2.24) is 4.90 Å². The van der Waals surface area contributed by atoms with Gasteiger partial charge in [-0.2, -0.15) is 0 Å². The van der Waals surface area contributed by atoms with Crippen molar-refractivity contribution in [3.05, 3.63) is 36.4 Å². The fourth-order valence-corrected chi connectivity index (χ4v) is 2.04. The Hall–Kier alpha value is -1.81. The molecule has 0 aliphatic carbocycles. The molecule has 1 aromatic carbocycles. The van der Waals surface area contributed by atoms with E-state index in [1.807, 2.05) is 31.2 Å². The van der Waals surface area contributed by atoms with Crippen LogP contribution < -0.4 is 10.1 Å². The molecule has 1 aromatic rings. The second-order valence-corrected chi connectivity index (χ2v) is 4.50. The molecule has 0 fully saturated rings. The van der Waals surface area contributed by atoms with Crippen LogP contribution in [0.3, 0.4) is 0 Å². The van der Waals surface area contributed by atoms with Gasteiger partial charge in [-0.05, 0) is 37.6 Å². The van der Waals surface area contributed by atoms with Crippen LogP contribution >= 0.6 is 0 Å². The van der Waals surface area contributed by atoms with E-state index in [9.17, 15) is 4.79 Å². The molecule has 4 nitrogen and oxygen atoms in total. The van der Waals surface area contributed by atoms with Gasteiger partial charge in [0.2, 0.25) is 5.91 Å². The number of hydrogen-bond acceptors (Lipinski definition) is 3. The van der Waals surface area contributed by atoms with E-state index >= 15 is 0 Å². The first-order valence-electron chi connectivity index (χ1n) is 6.68. The summed E-state index contributed by atoms with van der Waals surface area (Å²) in [6, 6.07) is 7.45. The molecule has 1 amide bonds. The van der Waals surface area contributed by atoms with Crippen LogP contribution in [0.2, 0.25) is 0 Å². The summed E-state index contributed by atoms with van der Waals surface area (Å²) in [5.41, 5.74) is 0.806. The highest BCUT2D eigenvalue weighted by atomic mass is 16.5. The molecule has 1 heterocycles. The minimum absolute atomic E-state index is 0.0273.